The molecule has 16 heavy (non-hydrogen) atoms. The van der Waals surface area contributed by atoms with Crippen LogP contribution in [0.15, 0.2) is 6.20 Å². The predicted octanol–water partition coefficient (Wildman–Crippen LogP) is 1.17. The molecule has 0 atom stereocenters. The minimum atomic E-state index is -3.32. The summed E-state index contributed by atoms with van der Waals surface area (Å²) in [6.07, 6.45) is -2.89. The van der Waals surface area contributed by atoms with Crippen molar-refractivity contribution in [1.29, 1.82) is 0 Å². The molecule has 6 nitrogen and oxygen atoms in total. The Morgan fingerprint density at radius 1 is 1.56 bits per heavy atom. The lowest BCUT2D eigenvalue weighted by molar-refractivity contribution is -0.389. The summed E-state index contributed by atoms with van der Waals surface area (Å²) in [7, 11) is 0. The highest BCUT2D eigenvalue weighted by molar-refractivity contribution is 5.93. The van der Waals surface area contributed by atoms with Crippen molar-refractivity contribution in [2.45, 2.75) is 6.43 Å². The topological polar surface area (TPSA) is 99.1 Å². The molecule has 1 heterocycles. The quantitative estimate of drug-likeness (QED) is 0.627. The summed E-state index contributed by atoms with van der Waals surface area (Å²) in [6, 6.07) is 0. The summed E-state index contributed by atoms with van der Waals surface area (Å²) < 4.78 is 37.8. The van der Waals surface area contributed by atoms with Crippen molar-refractivity contribution in [3.8, 4) is 0 Å². The lowest BCUT2D eigenvalue weighted by Gasteiger charge is -2.03. The molecule has 0 aromatic carbocycles. The normalized spacial score (nSPS) is 10.5. The van der Waals surface area contributed by atoms with Gasteiger partial charge in [0.1, 0.15) is 5.56 Å². The van der Waals surface area contributed by atoms with Crippen LogP contribution in [0.5, 0.6) is 0 Å². The van der Waals surface area contributed by atoms with Crippen LogP contribution in [-0.4, -0.2) is 15.8 Å². The Balaban J connectivity index is 3.54. The smallest absolute Gasteiger partial charge is 0.332 e. The number of primary amides is 1. The van der Waals surface area contributed by atoms with E-state index in [2.05, 4.69) is 10.7 Å². The first kappa shape index (κ1) is 11.9. The molecule has 1 aromatic rings. The molecule has 1 rings (SSSR count). The fourth-order valence-corrected chi connectivity index (χ4v) is 0.997. The summed E-state index contributed by atoms with van der Waals surface area (Å²) in [5.41, 5.74) is 0.898. The monoisotopic (exact) mass is 235 g/mol. The average Bonchev–Trinajstić information content (AvgIpc) is 2.15. The van der Waals surface area contributed by atoms with Gasteiger partial charge in [-0.3, -0.25) is 14.9 Å². The van der Waals surface area contributed by atoms with Crippen molar-refractivity contribution in [1.82, 2.24) is 4.98 Å². The predicted molar refractivity (Wildman–Crippen MR) is 44.3 cm³/mol. The van der Waals surface area contributed by atoms with Crippen LogP contribution < -0.4 is 5.73 Å². The molecule has 0 saturated heterocycles. The van der Waals surface area contributed by atoms with Crippen LogP contribution in [0.25, 0.3) is 0 Å². The van der Waals surface area contributed by atoms with Gasteiger partial charge < -0.3 is 5.73 Å². The van der Waals surface area contributed by atoms with Gasteiger partial charge in [0, 0.05) is 6.20 Å². The van der Waals surface area contributed by atoms with Crippen LogP contribution in [0.4, 0.5) is 18.9 Å². The molecule has 0 aliphatic carbocycles. The van der Waals surface area contributed by atoms with Crippen LogP contribution in [0.1, 0.15) is 22.5 Å². The molecule has 1 amide bonds. The van der Waals surface area contributed by atoms with Crippen molar-refractivity contribution < 1.29 is 22.9 Å². The largest absolute Gasteiger partial charge is 0.365 e. The van der Waals surface area contributed by atoms with E-state index in [1.807, 2.05) is 0 Å². The van der Waals surface area contributed by atoms with Crippen LogP contribution in [0.3, 0.4) is 0 Å². The van der Waals surface area contributed by atoms with Crippen molar-refractivity contribution in [3.63, 3.8) is 0 Å². The summed E-state index contributed by atoms with van der Waals surface area (Å²) in [4.78, 5) is 22.5. The zero-order chi connectivity index (χ0) is 12.5. The number of rotatable bonds is 3. The van der Waals surface area contributed by atoms with Gasteiger partial charge in [-0.25, -0.2) is 13.8 Å². The lowest BCUT2D eigenvalue weighted by atomic mass is 10.2. The van der Waals surface area contributed by atoms with E-state index in [1.54, 1.807) is 0 Å². The zero-order valence-electron chi connectivity index (χ0n) is 7.49. The van der Waals surface area contributed by atoms with Crippen molar-refractivity contribution >= 4 is 11.6 Å². The molecular formula is C7H4F3N3O3. The first-order valence-corrected chi connectivity index (χ1v) is 3.77. The Morgan fingerprint density at radius 3 is 2.50 bits per heavy atom. The molecule has 0 unspecified atom stereocenters. The number of alkyl halides is 2. The number of pyridine rings is 1. The Kier molecular flexibility index (Phi) is 3.06. The van der Waals surface area contributed by atoms with E-state index >= 15 is 0 Å². The third kappa shape index (κ3) is 1.92. The number of halogens is 3. The summed E-state index contributed by atoms with van der Waals surface area (Å²) in [5, 5.41) is 10.4. The van der Waals surface area contributed by atoms with Crippen LogP contribution in [0, 0.1) is 15.9 Å². The Labute approximate surface area is 86.0 Å². The van der Waals surface area contributed by atoms with Gasteiger partial charge in [-0.2, -0.15) is 4.39 Å². The third-order valence-electron chi connectivity index (χ3n) is 1.67. The Hall–Kier alpha value is -2.19. The molecule has 1 aromatic heterocycles. The van der Waals surface area contributed by atoms with Crippen LogP contribution in [-0.2, 0) is 0 Å². The highest BCUT2D eigenvalue weighted by Crippen LogP contribution is 2.30. The first-order chi connectivity index (χ1) is 7.36. The van der Waals surface area contributed by atoms with Gasteiger partial charge in [0.05, 0.1) is 4.92 Å². The van der Waals surface area contributed by atoms with Gasteiger partial charge in [-0.15, -0.1) is 0 Å². The molecule has 0 bridgehead atoms. The van der Waals surface area contributed by atoms with Gasteiger partial charge in [0.15, 0.2) is 5.69 Å². The Morgan fingerprint density at radius 2 is 2.12 bits per heavy atom. The van der Waals surface area contributed by atoms with Gasteiger partial charge in [0.2, 0.25) is 5.82 Å². The van der Waals surface area contributed by atoms with Crippen molar-refractivity contribution in [3.05, 3.63) is 33.4 Å². The third-order valence-corrected chi connectivity index (χ3v) is 1.67. The second-order valence-corrected chi connectivity index (χ2v) is 2.64. The fourth-order valence-electron chi connectivity index (χ4n) is 0.997. The maximum Gasteiger partial charge on any atom is 0.332 e. The number of carbonyl (C=O) groups is 1. The molecule has 0 aliphatic heterocycles. The molecular weight excluding hydrogens is 231 g/mol. The van der Waals surface area contributed by atoms with E-state index in [9.17, 15) is 28.1 Å². The molecule has 0 fully saturated rings. The molecule has 2 N–H and O–H groups in total. The molecule has 9 heteroatoms. The zero-order valence-corrected chi connectivity index (χ0v) is 7.49. The van der Waals surface area contributed by atoms with Gasteiger partial charge in [-0.1, -0.05) is 0 Å². The van der Waals surface area contributed by atoms with Gasteiger partial charge in [-0.05, 0) is 0 Å². The number of nitrogens with zero attached hydrogens (tertiary/aromatic N) is 2. The van der Waals surface area contributed by atoms with E-state index in [1.165, 1.54) is 0 Å². The maximum atomic E-state index is 13.3. The number of hydrogen-bond acceptors (Lipinski definition) is 4. The van der Waals surface area contributed by atoms with E-state index in [0.29, 0.717) is 6.20 Å². The molecule has 0 aliphatic rings. The van der Waals surface area contributed by atoms with Crippen LogP contribution >= 0.6 is 0 Å². The number of aromatic nitrogens is 1. The Bertz CT molecular complexity index is 464. The van der Waals surface area contributed by atoms with E-state index < -0.39 is 40.0 Å². The first-order valence-electron chi connectivity index (χ1n) is 3.77. The van der Waals surface area contributed by atoms with E-state index in [-0.39, 0.29) is 0 Å². The second-order valence-electron chi connectivity index (χ2n) is 2.64. The van der Waals surface area contributed by atoms with E-state index in [4.69, 9.17) is 0 Å². The standard InChI is InChI=1S/C7H4F3N3O3/c8-3-2(7(11)14)1-12-4(6(9)10)5(3)13(15)16/h1,6H,(H2,11,14). The number of carbonyl (C=O) groups excluding carboxylic acids is 1. The minimum absolute atomic E-state index is 0.437. The number of amides is 1. The fraction of sp³-hybridized carbons (Fsp3) is 0.143. The summed E-state index contributed by atoms with van der Waals surface area (Å²) >= 11 is 0. The number of nitro groups is 1. The van der Waals surface area contributed by atoms with Crippen molar-refractivity contribution in [2.24, 2.45) is 5.73 Å². The number of nitrogens with two attached hydrogens (primary N) is 1. The highest BCUT2D eigenvalue weighted by Gasteiger charge is 2.31. The molecule has 86 valence electrons. The molecule has 0 radical (unpaired) electrons. The number of hydrogen-bond donors (Lipinski definition) is 1. The van der Waals surface area contributed by atoms with Gasteiger partial charge in [0.25, 0.3) is 12.3 Å². The van der Waals surface area contributed by atoms with E-state index in [0.717, 1.165) is 0 Å². The highest BCUT2D eigenvalue weighted by atomic mass is 19.3. The maximum absolute atomic E-state index is 13.3. The molecule has 0 spiro atoms. The van der Waals surface area contributed by atoms with Crippen molar-refractivity contribution in [2.75, 3.05) is 0 Å². The SMILES string of the molecule is NC(=O)c1cnc(C(F)F)c([N+](=O)[O-])c1F. The minimum Gasteiger partial charge on any atom is -0.365 e. The average molecular weight is 235 g/mol. The van der Waals surface area contributed by atoms with Gasteiger partial charge >= 0.3 is 5.69 Å². The summed E-state index contributed by atoms with van der Waals surface area (Å²) in [6.45, 7) is 0. The van der Waals surface area contributed by atoms with Crippen LogP contribution in [0.2, 0.25) is 0 Å². The lowest BCUT2D eigenvalue weighted by Crippen LogP contribution is -2.16. The summed E-state index contributed by atoms with van der Waals surface area (Å²) in [5.74, 6) is -3.03. The molecule has 0 saturated carbocycles. The second kappa shape index (κ2) is 4.13.